The third kappa shape index (κ3) is 4.28. The second kappa shape index (κ2) is 8.45. The Morgan fingerprint density at radius 3 is 2.58 bits per heavy atom. The van der Waals surface area contributed by atoms with E-state index >= 15 is 0 Å². The molecule has 1 aliphatic rings. The van der Waals surface area contributed by atoms with Gasteiger partial charge in [0, 0.05) is 51.8 Å². The number of aromatic nitrogens is 3. The number of hydrogen-bond donors (Lipinski definition) is 0. The van der Waals surface area contributed by atoms with Crippen LogP contribution in [0.25, 0.3) is 11.1 Å². The van der Waals surface area contributed by atoms with Gasteiger partial charge in [0.05, 0.1) is 11.4 Å². The predicted octanol–water partition coefficient (Wildman–Crippen LogP) is 3.97. The summed E-state index contributed by atoms with van der Waals surface area (Å²) in [6.07, 6.45) is 3.54. The molecule has 1 fully saturated rings. The summed E-state index contributed by atoms with van der Waals surface area (Å²) in [5.41, 5.74) is 3.19. The number of hydrogen-bond acceptors (Lipinski definition) is 6. The molecule has 31 heavy (non-hydrogen) atoms. The summed E-state index contributed by atoms with van der Waals surface area (Å²) < 4.78 is 19.0. The Hall–Kier alpha value is -3.29. The van der Waals surface area contributed by atoms with Crippen LogP contribution in [0.3, 0.4) is 0 Å². The maximum atomic E-state index is 13.5. The van der Waals surface area contributed by atoms with Crippen LogP contribution < -0.4 is 4.90 Å². The summed E-state index contributed by atoms with van der Waals surface area (Å²) in [6.45, 7) is 4.70. The largest absolute Gasteiger partial charge is 0.436 e. The topological polar surface area (TPSA) is 75.4 Å². The van der Waals surface area contributed by atoms with E-state index < -0.39 is 0 Å². The molecule has 2 aromatic heterocycles. The average molecular weight is 423 g/mol. The summed E-state index contributed by atoms with van der Waals surface area (Å²) in [6, 6.07) is 6.34. The fourth-order valence-electron chi connectivity index (χ4n) is 4.02. The number of oxazole rings is 1. The first-order valence-corrected chi connectivity index (χ1v) is 10.4. The van der Waals surface area contributed by atoms with Crippen LogP contribution >= 0.6 is 0 Å². The minimum absolute atomic E-state index is 0.0313. The van der Waals surface area contributed by atoms with Gasteiger partial charge in [0.15, 0.2) is 5.89 Å². The van der Waals surface area contributed by atoms with Gasteiger partial charge in [-0.3, -0.25) is 4.79 Å². The Morgan fingerprint density at radius 2 is 1.94 bits per heavy atom. The Kier molecular flexibility index (Phi) is 5.71. The van der Waals surface area contributed by atoms with Crippen LogP contribution in [0.5, 0.6) is 0 Å². The molecule has 4 rings (SSSR count). The molecule has 7 nitrogen and oxygen atoms in total. The number of piperidine rings is 1. The Morgan fingerprint density at radius 1 is 1.19 bits per heavy atom. The van der Waals surface area contributed by atoms with Crippen molar-refractivity contribution in [3.8, 4) is 11.1 Å². The number of carbonyl (C=O) groups excluding carboxylic acids is 1. The average Bonchev–Trinajstić information content (AvgIpc) is 3.11. The van der Waals surface area contributed by atoms with Gasteiger partial charge in [-0.1, -0.05) is 12.1 Å². The van der Waals surface area contributed by atoms with E-state index in [1.54, 1.807) is 32.2 Å². The van der Waals surface area contributed by atoms with Crippen molar-refractivity contribution >= 4 is 11.9 Å². The molecule has 1 aromatic carbocycles. The number of anilines is 1. The van der Waals surface area contributed by atoms with Crippen molar-refractivity contribution in [1.82, 2.24) is 19.9 Å². The van der Waals surface area contributed by atoms with Crippen LogP contribution in [0.1, 0.15) is 46.6 Å². The molecule has 0 saturated carbocycles. The highest BCUT2D eigenvalue weighted by atomic mass is 19.1. The van der Waals surface area contributed by atoms with E-state index in [-0.39, 0.29) is 17.6 Å². The minimum Gasteiger partial charge on any atom is -0.436 e. The molecule has 0 aliphatic carbocycles. The number of nitrogens with zero attached hydrogens (tertiary/aromatic N) is 5. The maximum absolute atomic E-state index is 13.5. The third-order valence-electron chi connectivity index (χ3n) is 5.55. The summed E-state index contributed by atoms with van der Waals surface area (Å²) in [5, 5.41) is 0. The Labute approximate surface area is 180 Å². The normalized spacial score (nSPS) is 16.4. The van der Waals surface area contributed by atoms with Crippen molar-refractivity contribution in [2.45, 2.75) is 32.6 Å². The van der Waals surface area contributed by atoms with Gasteiger partial charge in [-0.2, -0.15) is 0 Å². The molecule has 3 aromatic rings. The third-order valence-corrected chi connectivity index (χ3v) is 5.55. The van der Waals surface area contributed by atoms with Gasteiger partial charge in [-0.05, 0) is 37.5 Å². The maximum Gasteiger partial charge on any atom is 0.291 e. The number of amides is 1. The molecule has 1 saturated heterocycles. The van der Waals surface area contributed by atoms with E-state index in [4.69, 9.17) is 9.40 Å². The first kappa shape index (κ1) is 21.0. The summed E-state index contributed by atoms with van der Waals surface area (Å²) in [7, 11) is 3.78. The SMILES string of the molecule is Cc1nc(C)c(C(=O)N2CCCC(c3nc(N(C)C)ncc3-c3ccc(F)cc3)C2)o1. The van der Waals surface area contributed by atoms with E-state index in [0.29, 0.717) is 36.4 Å². The first-order chi connectivity index (χ1) is 14.8. The zero-order chi connectivity index (χ0) is 22.1. The molecule has 1 atom stereocenters. The van der Waals surface area contributed by atoms with Gasteiger partial charge >= 0.3 is 0 Å². The van der Waals surface area contributed by atoms with E-state index in [0.717, 1.165) is 29.7 Å². The lowest BCUT2D eigenvalue weighted by Crippen LogP contribution is -2.39. The van der Waals surface area contributed by atoms with E-state index in [1.807, 2.05) is 23.9 Å². The zero-order valence-corrected chi connectivity index (χ0v) is 18.2. The van der Waals surface area contributed by atoms with Crippen LogP contribution in [0.15, 0.2) is 34.9 Å². The second-order valence-corrected chi connectivity index (χ2v) is 8.11. The smallest absolute Gasteiger partial charge is 0.291 e. The van der Waals surface area contributed by atoms with E-state index in [1.165, 1.54) is 12.1 Å². The van der Waals surface area contributed by atoms with Crippen molar-refractivity contribution < 1.29 is 13.6 Å². The predicted molar refractivity (Wildman–Crippen MR) is 116 cm³/mol. The highest BCUT2D eigenvalue weighted by molar-refractivity contribution is 5.92. The lowest BCUT2D eigenvalue weighted by molar-refractivity contribution is 0.0671. The molecule has 162 valence electrons. The molecule has 0 spiro atoms. The van der Waals surface area contributed by atoms with Gasteiger partial charge in [0.25, 0.3) is 5.91 Å². The highest BCUT2D eigenvalue weighted by Crippen LogP contribution is 2.34. The monoisotopic (exact) mass is 423 g/mol. The van der Waals surface area contributed by atoms with Crippen molar-refractivity contribution in [3.05, 3.63) is 59.3 Å². The van der Waals surface area contributed by atoms with Crippen LogP contribution in [-0.2, 0) is 0 Å². The van der Waals surface area contributed by atoms with Crippen LogP contribution in [0, 0.1) is 19.7 Å². The lowest BCUT2D eigenvalue weighted by atomic mass is 9.89. The van der Waals surface area contributed by atoms with Crippen LogP contribution in [0.4, 0.5) is 10.3 Å². The lowest BCUT2D eigenvalue weighted by Gasteiger charge is -2.33. The summed E-state index contributed by atoms with van der Waals surface area (Å²) in [5.74, 6) is 0.985. The van der Waals surface area contributed by atoms with Crippen molar-refractivity contribution in [1.29, 1.82) is 0 Å². The van der Waals surface area contributed by atoms with E-state index in [2.05, 4.69) is 9.97 Å². The van der Waals surface area contributed by atoms with Crippen molar-refractivity contribution in [2.24, 2.45) is 0 Å². The number of rotatable bonds is 4. The fraction of sp³-hybridized carbons (Fsp3) is 0.391. The minimum atomic E-state index is -0.289. The number of benzene rings is 1. The number of aryl methyl sites for hydroxylation is 2. The molecule has 1 amide bonds. The Balaban J connectivity index is 1.68. The molecule has 0 radical (unpaired) electrons. The number of halogens is 1. The fourth-order valence-corrected chi connectivity index (χ4v) is 4.02. The molecule has 3 heterocycles. The first-order valence-electron chi connectivity index (χ1n) is 10.4. The van der Waals surface area contributed by atoms with Crippen LogP contribution in [0.2, 0.25) is 0 Å². The molecule has 0 N–H and O–H groups in total. The summed E-state index contributed by atoms with van der Waals surface area (Å²) >= 11 is 0. The van der Waals surface area contributed by atoms with Crippen LogP contribution in [-0.4, -0.2) is 52.9 Å². The van der Waals surface area contributed by atoms with Crippen molar-refractivity contribution in [3.63, 3.8) is 0 Å². The van der Waals surface area contributed by atoms with E-state index in [9.17, 15) is 9.18 Å². The zero-order valence-electron chi connectivity index (χ0n) is 18.2. The highest BCUT2D eigenvalue weighted by Gasteiger charge is 2.31. The van der Waals surface area contributed by atoms with Gasteiger partial charge in [0.2, 0.25) is 11.7 Å². The van der Waals surface area contributed by atoms with Gasteiger partial charge in [-0.25, -0.2) is 19.3 Å². The molecule has 0 bridgehead atoms. The van der Waals surface area contributed by atoms with Gasteiger partial charge in [-0.15, -0.1) is 0 Å². The summed E-state index contributed by atoms with van der Waals surface area (Å²) in [4.78, 5) is 30.3. The standard InChI is InChI=1S/C23H26FN5O2/c1-14-21(31-15(2)26-14)22(30)29-11-5-6-17(13-29)20-19(12-25-23(27-20)28(3)4)16-7-9-18(24)10-8-16/h7-10,12,17H,5-6,11,13H2,1-4H3. The molecule has 8 heteroatoms. The Bertz CT molecular complexity index is 1090. The van der Waals surface area contributed by atoms with Crippen molar-refractivity contribution in [2.75, 3.05) is 32.1 Å². The molecular formula is C23H26FN5O2. The molecule has 1 aliphatic heterocycles. The quantitative estimate of drug-likeness (QED) is 0.632. The molecular weight excluding hydrogens is 397 g/mol. The number of carbonyl (C=O) groups is 1. The van der Waals surface area contributed by atoms with Gasteiger partial charge < -0.3 is 14.2 Å². The van der Waals surface area contributed by atoms with Gasteiger partial charge in [0.1, 0.15) is 5.82 Å². The molecule has 1 unspecified atom stereocenters. The second-order valence-electron chi connectivity index (χ2n) is 8.11. The number of likely N-dealkylation sites (tertiary alicyclic amines) is 1.